The zero-order chi connectivity index (χ0) is 14.7. The highest BCUT2D eigenvalue weighted by molar-refractivity contribution is 6.01. The van der Waals surface area contributed by atoms with Crippen LogP contribution in [0.4, 0.5) is 0 Å². The molecule has 6 nitrogen and oxygen atoms in total. The third-order valence-electron chi connectivity index (χ3n) is 3.19. The highest BCUT2D eigenvalue weighted by Crippen LogP contribution is 2.27. The molecule has 1 aromatic heterocycles. The van der Waals surface area contributed by atoms with Gasteiger partial charge in [-0.25, -0.2) is 0 Å². The molecule has 2 amide bonds. The summed E-state index contributed by atoms with van der Waals surface area (Å²) in [5.41, 5.74) is 1.38. The van der Waals surface area contributed by atoms with Gasteiger partial charge in [-0.3, -0.25) is 9.59 Å². The number of nitrogens with one attached hydrogen (secondary N) is 2. The molecule has 0 saturated carbocycles. The maximum Gasteiger partial charge on any atom is 0.268 e. The average molecular weight is 275 g/mol. The minimum absolute atomic E-state index is 0.0476. The number of likely N-dealkylation sites (N-methyl/N-ethyl adjacent to an activating group) is 1. The molecular formula is C14H17N3O3. The molecule has 1 aromatic carbocycles. The van der Waals surface area contributed by atoms with Crippen molar-refractivity contribution in [3.8, 4) is 5.75 Å². The lowest BCUT2D eigenvalue weighted by atomic mass is 10.2. The van der Waals surface area contributed by atoms with Crippen molar-refractivity contribution in [2.75, 3.05) is 20.7 Å². The van der Waals surface area contributed by atoms with Crippen LogP contribution in [0.2, 0.25) is 0 Å². The Bertz CT molecular complexity index is 661. The molecule has 0 aliphatic carbocycles. The number of fused-ring (bicyclic) bond motifs is 1. The molecule has 0 spiro atoms. The first-order chi connectivity index (χ1) is 9.58. The number of methoxy groups -OCH3 is 1. The number of amides is 2. The molecule has 0 radical (unpaired) electrons. The Kier molecular flexibility index (Phi) is 3.93. The molecule has 2 N–H and O–H groups in total. The summed E-state index contributed by atoms with van der Waals surface area (Å²) in [7, 11) is 4.92. The largest absolute Gasteiger partial charge is 0.496 e. The van der Waals surface area contributed by atoms with Gasteiger partial charge in [0, 0.05) is 19.5 Å². The number of hydrogen-bond acceptors (Lipinski definition) is 3. The lowest BCUT2D eigenvalue weighted by molar-refractivity contribution is -0.119. The molecule has 2 rings (SSSR count). The van der Waals surface area contributed by atoms with Crippen LogP contribution in [0.15, 0.2) is 24.3 Å². The van der Waals surface area contributed by atoms with Crippen LogP contribution in [-0.4, -0.2) is 37.1 Å². The third kappa shape index (κ3) is 2.45. The number of ether oxygens (including phenoxy) is 1. The SMILES string of the molecule is CNC(=O)CNC(=O)c1cc2c(OC)cccc2n1C. The van der Waals surface area contributed by atoms with Crippen LogP contribution in [-0.2, 0) is 11.8 Å². The Balaban J connectivity index is 2.33. The number of carbonyl (C=O) groups excluding carboxylic acids is 2. The Morgan fingerprint density at radius 1 is 1.35 bits per heavy atom. The first-order valence-corrected chi connectivity index (χ1v) is 6.19. The first-order valence-electron chi connectivity index (χ1n) is 6.19. The molecule has 0 aliphatic heterocycles. The van der Waals surface area contributed by atoms with Crippen LogP contribution in [0, 0.1) is 0 Å². The summed E-state index contributed by atoms with van der Waals surface area (Å²) < 4.78 is 7.06. The number of nitrogens with zero attached hydrogens (tertiary/aromatic N) is 1. The highest BCUT2D eigenvalue weighted by atomic mass is 16.5. The van der Waals surface area contributed by atoms with E-state index in [2.05, 4.69) is 10.6 Å². The summed E-state index contributed by atoms with van der Waals surface area (Å²) in [6.07, 6.45) is 0. The molecule has 2 aromatic rings. The van der Waals surface area contributed by atoms with Crippen molar-refractivity contribution in [2.45, 2.75) is 0 Å². The average Bonchev–Trinajstić information content (AvgIpc) is 2.81. The molecule has 6 heteroatoms. The van der Waals surface area contributed by atoms with Crippen molar-refractivity contribution in [2.24, 2.45) is 7.05 Å². The van der Waals surface area contributed by atoms with Crippen molar-refractivity contribution < 1.29 is 14.3 Å². The van der Waals surface area contributed by atoms with Gasteiger partial charge in [0.05, 0.1) is 19.2 Å². The number of benzene rings is 1. The van der Waals surface area contributed by atoms with Crippen molar-refractivity contribution in [3.05, 3.63) is 30.0 Å². The summed E-state index contributed by atoms with van der Waals surface area (Å²) >= 11 is 0. The number of rotatable bonds is 4. The Morgan fingerprint density at radius 2 is 2.10 bits per heavy atom. The lowest BCUT2D eigenvalue weighted by Crippen LogP contribution is -2.35. The van der Waals surface area contributed by atoms with Crippen LogP contribution in [0.1, 0.15) is 10.5 Å². The molecule has 0 fully saturated rings. The van der Waals surface area contributed by atoms with E-state index in [0.717, 1.165) is 10.9 Å². The van der Waals surface area contributed by atoms with Gasteiger partial charge < -0.3 is 19.9 Å². The fourth-order valence-corrected chi connectivity index (χ4v) is 2.07. The Morgan fingerprint density at radius 3 is 2.75 bits per heavy atom. The number of hydrogen-bond donors (Lipinski definition) is 2. The van der Waals surface area contributed by atoms with E-state index in [-0.39, 0.29) is 18.4 Å². The van der Waals surface area contributed by atoms with Gasteiger partial charge in [-0.15, -0.1) is 0 Å². The van der Waals surface area contributed by atoms with Gasteiger partial charge in [0.2, 0.25) is 5.91 Å². The van der Waals surface area contributed by atoms with Crippen molar-refractivity contribution in [3.63, 3.8) is 0 Å². The molecule has 1 heterocycles. The van der Waals surface area contributed by atoms with E-state index in [1.54, 1.807) is 24.8 Å². The number of carbonyl (C=O) groups is 2. The van der Waals surface area contributed by atoms with Crippen molar-refractivity contribution in [1.82, 2.24) is 15.2 Å². The predicted octanol–water partition coefficient (Wildman–Crippen LogP) is 0.663. The maximum absolute atomic E-state index is 12.1. The van der Waals surface area contributed by atoms with Gasteiger partial charge in [0.15, 0.2) is 0 Å². The molecule has 0 atom stereocenters. The summed E-state index contributed by atoms with van der Waals surface area (Å²) in [5, 5.41) is 5.89. The maximum atomic E-state index is 12.1. The van der Waals surface area contributed by atoms with Crippen LogP contribution < -0.4 is 15.4 Å². The zero-order valence-corrected chi connectivity index (χ0v) is 11.7. The van der Waals surface area contributed by atoms with E-state index < -0.39 is 0 Å². The summed E-state index contributed by atoms with van der Waals surface area (Å²) in [6, 6.07) is 7.38. The van der Waals surface area contributed by atoms with E-state index in [9.17, 15) is 9.59 Å². The standard InChI is InChI=1S/C14H17N3O3/c1-15-13(18)8-16-14(19)11-7-9-10(17(11)2)5-4-6-12(9)20-3/h4-7H,8H2,1-3H3,(H,15,18)(H,16,19). The monoisotopic (exact) mass is 275 g/mol. The van der Waals surface area contributed by atoms with E-state index in [1.807, 2.05) is 18.2 Å². The van der Waals surface area contributed by atoms with Gasteiger partial charge in [-0.2, -0.15) is 0 Å². The second-order valence-corrected chi connectivity index (χ2v) is 4.34. The van der Waals surface area contributed by atoms with Crippen LogP contribution in [0.5, 0.6) is 5.75 Å². The van der Waals surface area contributed by atoms with Gasteiger partial charge in [0.25, 0.3) is 5.91 Å². The van der Waals surface area contributed by atoms with E-state index >= 15 is 0 Å². The Labute approximate surface area is 116 Å². The third-order valence-corrected chi connectivity index (χ3v) is 3.19. The second-order valence-electron chi connectivity index (χ2n) is 4.34. The van der Waals surface area contributed by atoms with Crippen molar-refractivity contribution in [1.29, 1.82) is 0 Å². The van der Waals surface area contributed by atoms with Crippen molar-refractivity contribution >= 4 is 22.7 Å². The smallest absolute Gasteiger partial charge is 0.268 e. The van der Waals surface area contributed by atoms with E-state index in [1.165, 1.54) is 7.05 Å². The quantitative estimate of drug-likeness (QED) is 0.861. The fraction of sp³-hybridized carbons (Fsp3) is 0.286. The summed E-state index contributed by atoms with van der Waals surface area (Å²) in [4.78, 5) is 23.3. The molecule has 0 saturated heterocycles. The minimum atomic E-state index is -0.297. The minimum Gasteiger partial charge on any atom is -0.496 e. The lowest BCUT2D eigenvalue weighted by Gasteiger charge is -2.05. The zero-order valence-electron chi connectivity index (χ0n) is 11.7. The predicted molar refractivity (Wildman–Crippen MR) is 75.9 cm³/mol. The number of aryl methyl sites for hydroxylation is 1. The topological polar surface area (TPSA) is 72.4 Å². The summed E-state index contributed by atoms with van der Waals surface area (Å²) in [6.45, 7) is -0.0476. The van der Waals surface area contributed by atoms with Gasteiger partial charge in [-0.05, 0) is 18.2 Å². The molecule has 0 aliphatic rings. The van der Waals surface area contributed by atoms with Gasteiger partial charge in [-0.1, -0.05) is 6.07 Å². The first kappa shape index (κ1) is 13.9. The van der Waals surface area contributed by atoms with Crippen LogP contribution >= 0.6 is 0 Å². The van der Waals surface area contributed by atoms with Gasteiger partial charge in [0.1, 0.15) is 11.4 Å². The number of aromatic nitrogens is 1. The summed E-state index contributed by atoms with van der Waals surface area (Å²) in [5.74, 6) is 0.174. The fourth-order valence-electron chi connectivity index (χ4n) is 2.07. The van der Waals surface area contributed by atoms with E-state index in [0.29, 0.717) is 11.4 Å². The van der Waals surface area contributed by atoms with Gasteiger partial charge >= 0.3 is 0 Å². The Hall–Kier alpha value is -2.50. The second kappa shape index (κ2) is 5.64. The molecule has 106 valence electrons. The van der Waals surface area contributed by atoms with Crippen LogP contribution in [0.25, 0.3) is 10.9 Å². The molecular weight excluding hydrogens is 258 g/mol. The highest BCUT2D eigenvalue weighted by Gasteiger charge is 2.15. The molecule has 0 unspecified atom stereocenters. The van der Waals surface area contributed by atoms with E-state index in [4.69, 9.17) is 4.74 Å². The molecule has 20 heavy (non-hydrogen) atoms. The normalized spacial score (nSPS) is 10.3. The molecule has 0 bridgehead atoms. The van der Waals surface area contributed by atoms with Crippen LogP contribution in [0.3, 0.4) is 0 Å².